The highest BCUT2D eigenvalue weighted by Gasteiger charge is 2.39. The molecule has 16 aromatic rings. The molecule has 6 saturated carbocycles. The van der Waals surface area contributed by atoms with E-state index in [0.29, 0.717) is 48.7 Å². The van der Waals surface area contributed by atoms with E-state index in [4.69, 9.17) is 9.47 Å². The van der Waals surface area contributed by atoms with Crippen LogP contribution in [0.4, 0.5) is 4.39 Å². The van der Waals surface area contributed by atoms with Crippen molar-refractivity contribution in [2.75, 3.05) is 13.2 Å². The Balaban J connectivity index is 0.472. The van der Waals surface area contributed by atoms with Crippen molar-refractivity contribution in [1.82, 2.24) is 4.57 Å². The smallest absolute Gasteiger partial charge is 0.123 e. The van der Waals surface area contributed by atoms with Gasteiger partial charge in [0.15, 0.2) is 0 Å². The van der Waals surface area contributed by atoms with Crippen LogP contribution >= 0.6 is 0 Å². The van der Waals surface area contributed by atoms with E-state index in [1.807, 2.05) is 12.1 Å². The summed E-state index contributed by atoms with van der Waals surface area (Å²) in [5, 5.41) is 0. The highest BCUT2D eigenvalue weighted by Crippen LogP contribution is 2.51. The summed E-state index contributed by atoms with van der Waals surface area (Å²) >= 11 is 0. The van der Waals surface area contributed by atoms with Crippen LogP contribution in [0.5, 0.6) is 11.5 Å². The van der Waals surface area contributed by atoms with Crippen molar-refractivity contribution in [3.63, 3.8) is 0 Å². The fourth-order valence-corrected chi connectivity index (χ4v) is 27.1. The number of hydrogen-bond donors (Lipinski definition) is 0. The molecule has 3 nitrogen and oxygen atoms in total. The van der Waals surface area contributed by atoms with Gasteiger partial charge < -0.3 is 14.0 Å². The number of nitrogens with zero attached hydrogens (tertiary/aromatic N) is 1. The van der Waals surface area contributed by atoms with E-state index >= 15 is 0 Å². The van der Waals surface area contributed by atoms with Crippen molar-refractivity contribution in [3.8, 4) is 106 Å². The fraction of sp³-hybridized carbons (Fsp3) is 0.347. The Kier molecular flexibility index (Phi) is 32.5. The Morgan fingerprint density at radius 1 is 0.182 bits per heavy atom. The van der Waals surface area contributed by atoms with Crippen molar-refractivity contribution in [2.24, 2.45) is 0 Å². The topological polar surface area (TPSA) is 23.4 Å². The van der Waals surface area contributed by atoms with Crippen LogP contribution in [-0.2, 0) is 10.8 Å². The van der Waals surface area contributed by atoms with Crippen LogP contribution in [-0.4, -0.2) is 17.8 Å². The second-order valence-corrected chi connectivity index (χ2v) is 45.0. The molecule has 0 saturated heterocycles. The Morgan fingerprint density at radius 3 is 0.568 bits per heavy atom. The van der Waals surface area contributed by atoms with Gasteiger partial charge in [0.05, 0.1) is 24.6 Å². The zero-order chi connectivity index (χ0) is 99.5. The summed E-state index contributed by atoms with van der Waals surface area (Å²) in [6.45, 7) is 1.26. The molecule has 0 aliphatic heterocycles. The number of unbranched alkanes of at least 4 members (excludes halogenated alkanes) is 6. The van der Waals surface area contributed by atoms with Crippen molar-refractivity contribution >= 4 is 0 Å². The van der Waals surface area contributed by atoms with Gasteiger partial charge in [-0.05, 0) is 368 Å². The van der Waals surface area contributed by atoms with Gasteiger partial charge in [-0.1, -0.05) is 445 Å². The molecule has 0 unspecified atom stereocenters. The van der Waals surface area contributed by atoms with Gasteiger partial charge in [-0.3, -0.25) is 0 Å². The predicted octanol–water partition coefficient (Wildman–Crippen LogP) is 41.0. The molecular formula is C144H152FNO2. The molecule has 0 radical (unpaired) electrons. The molecule has 1 aromatic heterocycles. The molecule has 6 aliphatic carbocycles. The highest BCUT2D eigenvalue weighted by atomic mass is 19.1. The SMILES string of the molecule is Fc1ccc(-n2c(-c3ccc(OCCCCCCC(c4ccc(-c5ccc(C6CCCCC6)cc5)cc4)(c4ccc(-c5ccc(C6CCCCC6)cc5)cc4)c4ccc(-c5ccc(C6CCCCC6)cc5)cc4)cc3)ccc2-c2ccc(OCCCCCCC(c3ccc(-c4ccc(C5CCCCC5)cc4)cc3)(c3ccc(-c4ccc(C5CCCCC5)cc4)cc3)c3ccc(-c4ccc(C5CCCCC5)cc4)cc3)cc2)cc1. The number of hydrogen-bond acceptors (Lipinski definition) is 2. The first-order valence-electron chi connectivity index (χ1n) is 57.9. The van der Waals surface area contributed by atoms with Gasteiger partial charge in [-0.2, -0.15) is 0 Å². The number of benzene rings is 15. The third-order valence-electron chi connectivity index (χ3n) is 35.9. The first-order chi connectivity index (χ1) is 73.2. The first kappa shape index (κ1) is 99.7. The van der Waals surface area contributed by atoms with Crippen LogP contribution in [0.1, 0.15) is 359 Å². The van der Waals surface area contributed by atoms with Crippen LogP contribution in [0.2, 0.25) is 0 Å². The van der Waals surface area contributed by atoms with E-state index in [0.717, 1.165) is 104 Å². The molecule has 0 amide bonds. The molecule has 0 N–H and O–H groups in total. The minimum absolute atomic E-state index is 0.263. The number of rotatable bonds is 37. The predicted molar refractivity (Wildman–Crippen MR) is 620 cm³/mol. The average molecular weight is 1950 g/mol. The lowest BCUT2D eigenvalue weighted by atomic mass is 9.66. The molecule has 22 rings (SSSR count). The summed E-state index contributed by atoms with van der Waals surface area (Å²) in [6.07, 6.45) is 50.1. The van der Waals surface area contributed by atoms with E-state index in [9.17, 15) is 4.39 Å². The van der Waals surface area contributed by atoms with Gasteiger partial charge in [0.25, 0.3) is 0 Å². The van der Waals surface area contributed by atoms with Gasteiger partial charge in [0, 0.05) is 16.5 Å². The normalized spacial score (nSPS) is 16.2. The molecule has 1 heterocycles. The number of ether oxygens (including phenoxy) is 2. The van der Waals surface area contributed by atoms with Crippen LogP contribution < -0.4 is 9.47 Å². The molecular weight excluding hydrogens is 1790 g/mol. The van der Waals surface area contributed by atoms with Gasteiger partial charge in [0.2, 0.25) is 0 Å². The number of aromatic nitrogens is 1. The Bertz CT molecular complexity index is 5940. The monoisotopic (exact) mass is 1950 g/mol. The lowest BCUT2D eigenvalue weighted by Gasteiger charge is -2.37. The highest BCUT2D eigenvalue weighted by molar-refractivity contribution is 5.76. The second-order valence-electron chi connectivity index (χ2n) is 45.0. The summed E-state index contributed by atoms with van der Waals surface area (Å²) < 4.78 is 30.5. The van der Waals surface area contributed by atoms with Crippen molar-refractivity contribution < 1.29 is 13.9 Å². The van der Waals surface area contributed by atoms with Crippen molar-refractivity contribution in [2.45, 2.75) is 303 Å². The molecule has 4 heteroatoms. The largest absolute Gasteiger partial charge is 0.494 e. The molecule has 6 aliphatic rings. The summed E-state index contributed by atoms with van der Waals surface area (Å²) in [5.41, 5.74) is 36.4. The zero-order valence-corrected chi connectivity index (χ0v) is 87.6. The van der Waals surface area contributed by atoms with E-state index in [1.54, 1.807) is 12.1 Å². The van der Waals surface area contributed by atoms with E-state index < -0.39 is 10.8 Å². The van der Waals surface area contributed by atoms with Crippen LogP contribution in [0, 0.1) is 5.82 Å². The van der Waals surface area contributed by atoms with Gasteiger partial charge in [0.1, 0.15) is 17.3 Å². The summed E-state index contributed by atoms with van der Waals surface area (Å²) in [7, 11) is 0. The van der Waals surface area contributed by atoms with Crippen LogP contribution in [0.25, 0.3) is 95.0 Å². The molecule has 0 bridgehead atoms. The lowest BCUT2D eigenvalue weighted by Crippen LogP contribution is -2.29. The minimum Gasteiger partial charge on any atom is -0.494 e. The quantitative estimate of drug-likeness (QED) is 0.0286. The lowest BCUT2D eigenvalue weighted by molar-refractivity contribution is 0.303. The summed E-state index contributed by atoms with van der Waals surface area (Å²) in [4.78, 5) is 0. The average Bonchev–Trinajstić information content (AvgIpc) is 0.823. The first-order valence-corrected chi connectivity index (χ1v) is 57.9. The maximum atomic E-state index is 14.9. The van der Waals surface area contributed by atoms with E-state index in [1.165, 1.54) is 326 Å². The standard InChI is InChI=1S/C144H152FNO2/c145-137-91-93-138(94-92-137)146-141(129-75-95-139(96-76-129)147-103-25-3-1-23-101-143(131-79-63-123(64-80-131)117-51-39-111(40-52-117)105-27-11-5-12-28-105,132-81-65-124(66-82-132)118-53-41-112(42-54-118)106-29-13-6-14-30-106)133-83-67-125(68-84-133)119-55-43-113(44-56-119)107-31-15-7-16-32-107)99-100-142(146)130-77-97-140(98-78-130)148-104-26-4-2-24-102-144(134-85-69-126(70-86-134)120-57-45-114(46-58-120)108-33-17-8-18-34-108,135-87-71-127(72-88-135)121-59-47-115(48-60-121)109-35-19-9-20-36-109)136-89-73-128(74-90-136)122-61-49-116(50-62-122)110-37-21-10-22-38-110/h39-100,105-110H,1-38,101-104H2. The molecule has 0 spiro atoms. The molecule has 15 aromatic carbocycles. The molecule has 0 atom stereocenters. The van der Waals surface area contributed by atoms with E-state index in [-0.39, 0.29) is 5.82 Å². The fourth-order valence-electron chi connectivity index (χ4n) is 27.1. The minimum atomic E-state index is -0.430. The molecule has 148 heavy (non-hydrogen) atoms. The van der Waals surface area contributed by atoms with Gasteiger partial charge in [-0.15, -0.1) is 0 Å². The van der Waals surface area contributed by atoms with Gasteiger partial charge in [-0.25, -0.2) is 4.39 Å². The Morgan fingerprint density at radius 2 is 0.365 bits per heavy atom. The maximum Gasteiger partial charge on any atom is 0.123 e. The van der Waals surface area contributed by atoms with Crippen LogP contribution in [0.15, 0.2) is 376 Å². The van der Waals surface area contributed by atoms with Gasteiger partial charge >= 0.3 is 0 Å². The van der Waals surface area contributed by atoms with Crippen molar-refractivity contribution in [3.05, 3.63) is 449 Å². The zero-order valence-electron chi connectivity index (χ0n) is 87.6. The molecule has 6 fully saturated rings. The molecule has 752 valence electrons. The maximum absolute atomic E-state index is 14.9. The Labute approximate surface area is 883 Å². The Hall–Kier alpha value is -12.9. The summed E-state index contributed by atoms with van der Waals surface area (Å²) in [5.74, 6) is 5.52. The third-order valence-corrected chi connectivity index (χ3v) is 35.9. The number of halogens is 1. The third kappa shape index (κ3) is 23.2. The second kappa shape index (κ2) is 48.2. The van der Waals surface area contributed by atoms with E-state index in [2.05, 4.69) is 356 Å². The summed E-state index contributed by atoms with van der Waals surface area (Å²) in [6, 6.07) is 144. The van der Waals surface area contributed by atoms with Crippen molar-refractivity contribution in [1.29, 1.82) is 0 Å². The van der Waals surface area contributed by atoms with Crippen LogP contribution in [0.3, 0.4) is 0 Å².